The van der Waals surface area contributed by atoms with Crippen LogP contribution in [0.1, 0.15) is 10.4 Å². The van der Waals surface area contributed by atoms with Gasteiger partial charge in [0.25, 0.3) is 5.78 Å². The van der Waals surface area contributed by atoms with E-state index in [1.165, 1.54) is 6.07 Å². The second kappa shape index (κ2) is 2.86. The van der Waals surface area contributed by atoms with E-state index in [9.17, 15) is 18.0 Å². The maximum Gasteiger partial charge on any atom is 0.454 e. The summed E-state index contributed by atoms with van der Waals surface area (Å²) in [7, 11) is 0. The van der Waals surface area contributed by atoms with Crippen LogP contribution in [0.2, 0.25) is 0 Å². The molecule has 0 atom stereocenters. The van der Waals surface area contributed by atoms with Gasteiger partial charge in [0.2, 0.25) is 0 Å². The van der Waals surface area contributed by atoms with E-state index < -0.39 is 17.5 Å². The summed E-state index contributed by atoms with van der Waals surface area (Å²) in [4.78, 5) is 10.5. The number of halogens is 3. The maximum absolute atomic E-state index is 11.8. The fraction of sp³-hybridized carbons (Fsp3) is 0.125. The Morgan fingerprint density at radius 1 is 1.33 bits per heavy atom. The number of Topliss-reactive ketones (excluding diaryl/α,β-unsaturated/α-hetero) is 1. The van der Waals surface area contributed by atoms with E-state index in [0.717, 1.165) is 12.1 Å². The molecule has 1 nitrogen and oxygen atoms in total. The van der Waals surface area contributed by atoms with E-state index in [2.05, 4.69) is 12.1 Å². The van der Waals surface area contributed by atoms with Crippen molar-refractivity contribution >= 4 is 5.78 Å². The van der Waals surface area contributed by atoms with Crippen LogP contribution in [0.25, 0.3) is 0 Å². The van der Waals surface area contributed by atoms with Crippen LogP contribution in [0.5, 0.6) is 0 Å². The quantitative estimate of drug-likeness (QED) is 0.592. The van der Waals surface area contributed by atoms with Crippen molar-refractivity contribution in [2.24, 2.45) is 0 Å². The molecule has 0 aliphatic carbocycles. The lowest BCUT2D eigenvalue weighted by Gasteiger charge is -2.02. The summed E-state index contributed by atoms with van der Waals surface area (Å²) in [6.07, 6.45) is -4.81. The Hall–Kier alpha value is -1.50. The maximum atomic E-state index is 11.8. The van der Waals surface area contributed by atoms with Crippen LogP contribution in [-0.4, -0.2) is 12.0 Å². The molecule has 0 saturated carbocycles. The van der Waals surface area contributed by atoms with Gasteiger partial charge >= 0.3 is 6.18 Å². The van der Waals surface area contributed by atoms with Crippen molar-refractivity contribution in [2.75, 3.05) is 0 Å². The molecule has 0 bridgehead atoms. The van der Waals surface area contributed by atoms with Crippen molar-refractivity contribution in [3.05, 3.63) is 35.9 Å². The van der Waals surface area contributed by atoms with Crippen LogP contribution in [0.3, 0.4) is 0 Å². The van der Waals surface area contributed by atoms with Crippen LogP contribution in [0.15, 0.2) is 18.2 Å². The smallest absolute Gasteiger partial charge is 0.284 e. The fourth-order valence-electron chi connectivity index (χ4n) is 0.652. The zero-order valence-corrected chi connectivity index (χ0v) is 5.77. The Balaban J connectivity index is 2.94. The molecule has 0 amide bonds. The Morgan fingerprint density at radius 3 is 2.42 bits per heavy atom. The number of carbonyl (C=O) groups is 1. The van der Waals surface area contributed by atoms with E-state index >= 15 is 0 Å². The first kappa shape index (κ1) is 8.60. The highest BCUT2D eigenvalue weighted by Crippen LogP contribution is 2.20. The van der Waals surface area contributed by atoms with Crippen molar-refractivity contribution in [1.29, 1.82) is 0 Å². The van der Waals surface area contributed by atoms with Gasteiger partial charge in [-0.3, -0.25) is 4.79 Å². The first-order valence-electron chi connectivity index (χ1n) is 3.01. The summed E-state index contributed by atoms with van der Waals surface area (Å²) >= 11 is 0. The standard InChI is InChI=1S/C8H3F3O/c9-8(10,11)7(12)6-4-2-1-3-5-6/h2,4-5H. The zero-order valence-electron chi connectivity index (χ0n) is 5.77. The molecule has 0 N–H and O–H groups in total. The van der Waals surface area contributed by atoms with Crippen molar-refractivity contribution in [2.45, 2.75) is 6.18 Å². The third-order valence-corrected chi connectivity index (χ3v) is 1.18. The van der Waals surface area contributed by atoms with Gasteiger partial charge in [0.1, 0.15) is 0 Å². The minimum atomic E-state index is -4.81. The van der Waals surface area contributed by atoms with E-state index in [4.69, 9.17) is 0 Å². The monoisotopic (exact) mass is 172 g/mol. The molecular weight excluding hydrogens is 169 g/mol. The lowest BCUT2D eigenvalue weighted by atomic mass is 10.1. The van der Waals surface area contributed by atoms with Gasteiger partial charge in [0.15, 0.2) is 0 Å². The molecule has 4 heteroatoms. The molecular formula is C8H3F3O. The minimum absolute atomic E-state index is 0.416. The Morgan fingerprint density at radius 2 is 2.00 bits per heavy atom. The van der Waals surface area contributed by atoms with Crippen molar-refractivity contribution < 1.29 is 18.0 Å². The van der Waals surface area contributed by atoms with Crippen molar-refractivity contribution in [3.63, 3.8) is 0 Å². The number of ketones is 1. The van der Waals surface area contributed by atoms with Gasteiger partial charge in [0, 0.05) is 5.56 Å². The van der Waals surface area contributed by atoms with Crippen LogP contribution >= 0.6 is 0 Å². The Bertz CT molecular complexity index is 276. The highest BCUT2D eigenvalue weighted by molar-refractivity contribution is 6.00. The van der Waals surface area contributed by atoms with E-state index in [0.29, 0.717) is 0 Å². The lowest BCUT2D eigenvalue weighted by molar-refractivity contribution is -0.0885. The molecule has 0 aromatic heterocycles. The second-order valence-corrected chi connectivity index (χ2v) is 2.05. The Kier molecular flexibility index (Phi) is 2.05. The van der Waals surface area contributed by atoms with E-state index in [1.807, 2.05) is 0 Å². The highest BCUT2D eigenvalue weighted by atomic mass is 19.4. The predicted molar refractivity (Wildman–Crippen MR) is 34.5 cm³/mol. The number of rotatable bonds is 1. The average molecular weight is 172 g/mol. The first-order chi connectivity index (χ1) is 5.52. The highest BCUT2D eigenvalue weighted by Gasteiger charge is 2.38. The van der Waals surface area contributed by atoms with Crippen molar-refractivity contribution in [1.82, 2.24) is 0 Å². The minimum Gasteiger partial charge on any atom is -0.284 e. The molecule has 0 spiro atoms. The Labute approximate surface area is 66.8 Å². The summed E-state index contributed by atoms with van der Waals surface area (Å²) < 4.78 is 35.3. The summed E-state index contributed by atoms with van der Waals surface area (Å²) in [6, 6.07) is 7.87. The molecule has 0 radical (unpaired) electrons. The molecule has 0 heterocycles. The molecule has 12 heavy (non-hydrogen) atoms. The molecule has 0 unspecified atom stereocenters. The number of alkyl halides is 3. The zero-order chi connectivity index (χ0) is 9.19. The first-order valence-corrected chi connectivity index (χ1v) is 3.01. The van der Waals surface area contributed by atoms with Gasteiger partial charge in [-0.05, 0) is 18.2 Å². The SMILES string of the molecule is O=C(c1cc#ccc1)C(F)(F)F. The van der Waals surface area contributed by atoms with Gasteiger partial charge in [-0.25, -0.2) is 0 Å². The molecule has 0 fully saturated rings. The topological polar surface area (TPSA) is 17.1 Å². The molecule has 0 saturated heterocycles. The second-order valence-electron chi connectivity index (χ2n) is 2.05. The summed E-state index contributed by atoms with van der Waals surface area (Å²) in [6.45, 7) is 0. The third kappa shape index (κ3) is 1.76. The molecule has 1 aromatic carbocycles. The summed E-state index contributed by atoms with van der Waals surface area (Å²) in [5.41, 5.74) is -0.416. The lowest BCUT2D eigenvalue weighted by Crippen LogP contribution is -2.22. The largest absolute Gasteiger partial charge is 0.454 e. The van der Waals surface area contributed by atoms with Crippen LogP contribution in [0.4, 0.5) is 13.2 Å². The predicted octanol–water partition coefficient (Wildman–Crippen LogP) is 2.03. The summed E-state index contributed by atoms with van der Waals surface area (Å²) in [5, 5.41) is 0. The van der Waals surface area contributed by atoms with Gasteiger partial charge in [-0.1, -0.05) is 12.1 Å². The molecule has 1 aromatic rings. The molecule has 0 aliphatic heterocycles. The third-order valence-electron chi connectivity index (χ3n) is 1.18. The molecule has 0 aliphatic rings. The van der Waals surface area contributed by atoms with Gasteiger partial charge in [-0.2, -0.15) is 13.2 Å². The van der Waals surface area contributed by atoms with Crippen molar-refractivity contribution in [3.8, 4) is 0 Å². The van der Waals surface area contributed by atoms with Crippen LogP contribution in [-0.2, 0) is 0 Å². The molecule has 1 rings (SSSR count). The van der Waals surface area contributed by atoms with Gasteiger partial charge < -0.3 is 0 Å². The number of hydrogen-bond acceptors (Lipinski definition) is 1. The van der Waals surface area contributed by atoms with Gasteiger partial charge in [-0.15, -0.1) is 0 Å². The summed E-state index contributed by atoms with van der Waals surface area (Å²) in [5.74, 6) is -1.85. The van der Waals surface area contributed by atoms with E-state index in [1.54, 1.807) is 0 Å². The average Bonchev–Trinajstić information content (AvgIpc) is 2.03. The van der Waals surface area contributed by atoms with Crippen LogP contribution in [0, 0.1) is 12.1 Å². The van der Waals surface area contributed by atoms with Gasteiger partial charge in [0.05, 0.1) is 0 Å². The molecule has 62 valence electrons. The normalized spacial score (nSPS) is 10.6. The number of carbonyl (C=O) groups excluding carboxylic acids is 1. The fourth-order valence-corrected chi connectivity index (χ4v) is 0.652. The van der Waals surface area contributed by atoms with Crippen LogP contribution < -0.4 is 0 Å². The number of hydrogen-bond donors (Lipinski definition) is 0. The van der Waals surface area contributed by atoms with E-state index in [-0.39, 0.29) is 0 Å².